The van der Waals surface area contributed by atoms with Crippen molar-refractivity contribution >= 4 is 11.9 Å². The summed E-state index contributed by atoms with van der Waals surface area (Å²) in [5.41, 5.74) is 0.915. The largest absolute Gasteiger partial charge is 0.294 e. The Morgan fingerprint density at radius 1 is 1.30 bits per heavy atom. The standard InChI is InChI=1S/C14H16N8O/c1-10(8-21-7-4-11(2)20-21)12(23)19-14-17-9-18-22(14)13-15-5-3-6-16-13/h3-7,9-10H,8H2,1-2H3,(H,17,18,19,23). The van der Waals surface area contributed by atoms with Crippen LogP contribution < -0.4 is 5.32 Å². The Kier molecular flexibility index (Phi) is 4.09. The Hall–Kier alpha value is -3.10. The van der Waals surface area contributed by atoms with E-state index >= 15 is 0 Å². The van der Waals surface area contributed by atoms with Crippen molar-refractivity contribution in [3.63, 3.8) is 0 Å². The van der Waals surface area contributed by atoms with Crippen LogP contribution in [-0.4, -0.2) is 40.4 Å². The Morgan fingerprint density at radius 3 is 2.78 bits per heavy atom. The van der Waals surface area contributed by atoms with E-state index in [-0.39, 0.29) is 17.8 Å². The molecule has 0 aliphatic rings. The van der Waals surface area contributed by atoms with Crippen molar-refractivity contribution in [2.24, 2.45) is 5.92 Å². The molecule has 23 heavy (non-hydrogen) atoms. The highest BCUT2D eigenvalue weighted by atomic mass is 16.2. The number of rotatable bonds is 5. The van der Waals surface area contributed by atoms with Crippen molar-refractivity contribution < 1.29 is 4.79 Å². The topological polar surface area (TPSA) is 103 Å². The fourth-order valence-electron chi connectivity index (χ4n) is 2.04. The summed E-state index contributed by atoms with van der Waals surface area (Å²) in [4.78, 5) is 24.6. The van der Waals surface area contributed by atoms with Gasteiger partial charge in [0.2, 0.25) is 11.9 Å². The molecule has 0 fully saturated rings. The van der Waals surface area contributed by atoms with Crippen LogP contribution in [0.25, 0.3) is 5.95 Å². The van der Waals surface area contributed by atoms with E-state index in [9.17, 15) is 4.79 Å². The molecule has 3 aromatic rings. The number of nitrogens with zero attached hydrogens (tertiary/aromatic N) is 7. The smallest absolute Gasteiger partial charge is 0.253 e. The molecule has 1 N–H and O–H groups in total. The van der Waals surface area contributed by atoms with Crippen LogP contribution in [-0.2, 0) is 11.3 Å². The number of hydrogen-bond acceptors (Lipinski definition) is 6. The fourth-order valence-corrected chi connectivity index (χ4v) is 2.04. The average Bonchev–Trinajstić information content (AvgIpc) is 3.17. The first-order chi connectivity index (χ1) is 11.1. The van der Waals surface area contributed by atoms with Gasteiger partial charge in [0.25, 0.3) is 5.95 Å². The van der Waals surface area contributed by atoms with Crippen LogP contribution in [0.2, 0.25) is 0 Å². The molecule has 0 bridgehead atoms. The molecule has 1 amide bonds. The van der Waals surface area contributed by atoms with Gasteiger partial charge < -0.3 is 0 Å². The highest BCUT2D eigenvalue weighted by Gasteiger charge is 2.18. The van der Waals surface area contributed by atoms with Crippen molar-refractivity contribution in [2.75, 3.05) is 5.32 Å². The zero-order chi connectivity index (χ0) is 16.2. The van der Waals surface area contributed by atoms with E-state index in [1.165, 1.54) is 11.0 Å². The minimum atomic E-state index is -0.281. The maximum Gasteiger partial charge on any atom is 0.253 e. The Morgan fingerprint density at radius 2 is 2.09 bits per heavy atom. The zero-order valence-corrected chi connectivity index (χ0v) is 12.8. The van der Waals surface area contributed by atoms with Gasteiger partial charge in [-0.3, -0.25) is 14.8 Å². The number of carbonyl (C=O) groups excluding carboxylic acids is 1. The summed E-state index contributed by atoms with van der Waals surface area (Å²) in [5, 5.41) is 11.1. The molecule has 3 rings (SSSR count). The van der Waals surface area contributed by atoms with E-state index in [1.54, 1.807) is 23.1 Å². The molecular weight excluding hydrogens is 296 g/mol. The van der Waals surface area contributed by atoms with Crippen molar-refractivity contribution in [3.8, 4) is 5.95 Å². The summed E-state index contributed by atoms with van der Waals surface area (Å²) in [5.74, 6) is 0.167. The minimum absolute atomic E-state index is 0.177. The molecule has 9 heteroatoms. The average molecular weight is 312 g/mol. The molecule has 1 atom stereocenters. The molecule has 0 saturated carbocycles. The van der Waals surface area contributed by atoms with Gasteiger partial charge in [0.1, 0.15) is 6.33 Å². The summed E-state index contributed by atoms with van der Waals surface area (Å²) in [7, 11) is 0. The number of aryl methyl sites for hydroxylation is 1. The summed E-state index contributed by atoms with van der Waals surface area (Å²) >= 11 is 0. The maximum absolute atomic E-state index is 12.3. The molecular formula is C14H16N8O. The van der Waals surface area contributed by atoms with Crippen molar-refractivity contribution in [3.05, 3.63) is 42.7 Å². The second-order valence-electron chi connectivity index (χ2n) is 5.11. The van der Waals surface area contributed by atoms with E-state index < -0.39 is 0 Å². The predicted molar refractivity (Wildman–Crippen MR) is 81.7 cm³/mol. The normalized spacial score (nSPS) is 12.1. The molecule has 3 aromatic heterocycles. The van der Waals surface area contributed by atoms with Crippen LogP contribution in [0.3, 0.4) is 0 Å². The predicted octanol–water partition coefficient (Wildman–Crippen LogP) is 0.837. The molecule has 1 unspecified atom stereocenters. The fraction of sp³-hybridized carbons (Fsp3) is 0.286. The van der Waals surface area contributed by atoms with Gasteiger partial charge in [-0.25, -0.2) is 9.97 Å². The SMILES string of the molecule is Cc1ccn(CC(C)C(=O)Nc2ncnn2-c2ncccn2)n1. The highest BCUT2D eigenvalue weighted by Crippen LogP contribution is 2.10. The lowest BCUT2D eigenvalue weighted by Gasteiger charge is -2.12. The van der Waals surface area contributed by atoms with E-state index in [4.69, 9.17) is 0 Å². The Bertz CT molecular complexity index is 794. The van der Waals surface area contributed by atoms with Crippen LogP contribution >= 0.6 is 0 Å². The third kappa shape index (κ3) is 3.39. The van der Waals surface area contributed by atoms with Gasteiger partial charge in [-0.2, -0.15) is 19.9 Å². The molecule has 0 spiro atoms. The Labute approximate surface area is 132 Å². The first-order valence-electron chi connectivity index (χ1n) is 7.12. The van der Waals surface area contributed by atoms with Crippen LogP contribution in [0.1, 0.15) is 12.6 Å². The van der Waals surface area contributed by atoms with Gasteiger partial charge >= 0.3 is 0 Å². The quantitative estimate of drug-likeness (QED) is 0.748. The van der Waals surface area contributed by atoms with Crippen LogP contribution in [0, 0.1) is 12.8 Å². The van der Waals surface area contributed by atoms with E-state index in [1.807, 2.05) is 26.1 Å². The van der Waals surface area contributed by atoms with Gasteiger partial charge in [-0.1, -0.05) is 6.92 Å². The first-order valence-corrected chi connectivity index (χ1v) is 7.12. The van der Waals surface area contributed by atoms with E-state index in [0.29, 0.717) is 12.5 Å². The second kappa shape index (κ2) is 6.34. The lowest BCUT2D eigenvalue weighted by Crippen LogP contribution is -2.26. The van der Waals surface area contributed by atoms with Crippen molar-refractivity contribution in [2.45, 2.75) is 20.4 Å². The molecule has 118 valence electrons. The second-order valence-corrected chi connectivity index (χ2v) is 5.11. The van der Waals surface area contributed by atoms with Crippen LogP contribution in [0.5, 0.6) is 0 Å². The number of amides is 1. The number of anilines is 1. The minimum Gasteiger partial charge on any atom is -0.294 e. The van der Waals surface area contributed by atoms with Crippen LogP contribution in [0.4, 0.5) is 5.95 Å². The lowest BCUT2D eigenvalue weighted by molar-refractivity contribution is -0.119. The van der Waals surface area contributed by atoms with Crippen molar-refractivity contribution in [1.82, 2.24) is 34.5 Å². The third-order valence-corrected chi connectivity index (χ3v) is 3.21. The summed E-state index contributed by atoms with van der Waals surface area (Å²) < 4.78 is 3.12. The lowest BCUT2D eigenvalue weighted by atomic mass is 10.1. The van der Waals surface area contributed by atoms with Gasteiger partial charge in [0.15, 0.2) is 0 Å². The number of carbonyl (C=O) groups is 1. The van der Waals surface area contributed by atoms with Gasteiger partial charge in [-0.15, -0.1) is 0 Å². The number of nitrogens with one attached hydrogen (secondary N) is 1. The van der Waals surface area contributed by atoms with E-state index in [0.717, 1.165) is 5.69 Å². The van der Waals surface area contributed by atoms with E-state index in [2.05, 4.69) is 30.5 Å². The van der Waals surface area contributed by atoms with Gasteiger partial charge in [0.05, 0.1) is 18.2 Å². The molecule has 0 aliphatic carbocycles. The van der Waals surface area contributed by atoms with Crippen molar-refractivity contribution in [1.29, 1.82) is 0 Å². The molecule has 3 heterocycles. The molecule has 0 aromatic carbocycles. The Balaban J connectivity index is 1.70. The molecule has 0 aliphatic heterocycles. The van der Waals surface area contributed by atoms with Gasteiger partial charge in [0, 0.05) is 18.6 Å². The number of aromatic nitrogens is 7. The summed E-state index contributed by atoms with van der Waals surface area (Å²) in [6, 6.07) is 3.60. The van der Waals surface area contributed by atoms with Gasteiger partial charge in [-0.05, 0) is 19.1 Å². The maximum atomic E-state index is 12.3. The summed E-state index contributed by atoms with van der Waals surface area (Å²) in [6.45, 7) is 4.21. The van der Waals surface area contributed by atoms with Crippen LogP contribution in [0.15, 0.2) is 37.1 Å². The number of hydrogen-bond donors (Lipinski definition) is 1. The molecule has 0 saturated heterocycles. The molecule has 9 nitrogen and oxygen atoms in total. The summed E-state index contributed by atoms with van der Waals surface area (Å²) in [6.07, 6.45) is 6.38. The molecule has 0 radical (unpaired) electrons. The first kappa shape index (κ1) is 14.8. The highest BCUT2D eigenvalue weighted by molar-refractivity contribution is 5.90. The third-order valence-electron chi connectivity index (χ3n) is 3.21. The zero-order valence-electron chi connectivity index (χ0n) is 12.8. The monoisotopic (exact) mass is 312 g/mol.